The molecule has 2 rings (SSSR count). The average molecular weight is 438 g/mol. The van der Waals surface area contributed by atoms with Crippen molar-refractivity contribution in [1.82, 2.24) is 0 Å². The zero-order chi connectivity index (χ0) is 22.3. The molecule has 6 nitrogen and oxygen atoms in total. The van der Waals surface area contributed by atoms with Crippen LogP contribution in [0, 0.1) is 11.3 Å². The number of thiophene rings is 1. The normalized spacial score (nSPS) is 16.0. The van der Waals surface area contributed by atoms with Gasteiger partial charge >= 0.3 is 11.9 Å². The number of fused-ring (bicyclic) bond motifs is 1. The third-order valence-electron chi connectivity index (χ3n) is 6.10. The molecular weight excluding hydrogens is 402 g/mol. The highest BCUT2D eigenvalue weighted by atomic mass is 32.1. The molecule has 7 heteroatoms. The molecule has 1 N–H and O–H groups in total. The van der Waals surface area contributed by atoms with Crippen molar-refractivity contribution in [2.24, 2.45) is 11.3 Å². The SMILES string of the molecule is CCOC(=O)CCCC(=O)Nc1sc2c(c1C(=O)OCC)CC[C@@H](C(C)(C)CC)C2. The standard InChI is InChI=1S/C23H35NO5S/c1-6-23(4,5)15-12-13-16-17(14-15)30-21(20(16)22(27)29-8-3)24-18(25)10-9-11-19(26)28-7-2/h15H,6-14H2,1-5H3,(H,24,25)/t15-/m1/s1. The molecule has 0 aromatic carbocycles. The molecule has 0 saturated heterocycles. The van der Waals surface area contributed by atoms with Crippen LogP contribution in [-0.4, -0.2) is 31.1 Å². The molecule has 0 radical (unpaired) electrons. The highest BCUT2D eigenvalue weighted by Crippen LogP contribution is 2.45. The van der Waals surface area contributed by atoms with E-state index >= 15 is 0 Å². The smallest absolute Gasteiger partial charge is 0.341 e. The lowest BCUT2D eigenvalue weighted by molar-refractivity contribution is -0.143. The summed E-state index contributed by atoms with van der Waals surface area (Å²) < 4.78 is 10.2. The molecule has 1 amide bonds. The second-order valence-corrected chi connectivity index (χ2v) is 9.52. The molecular formula is C23H35NO5S. The van der Waals surface area contributed by atoms with Crippen molar-refractivity contribution < 1.29 is 23.9 Å². The minimum Gasteiger partial charge on any atom is -0.466 e. The van der Waals surface area contributed by atoms with E-state index in [4.69, 9.17) is 9.47 Å². The van der Waals surface area contributed by atoms with Crippen LogP contribution in [0.2, 0.25) is 0 Å². The van der Waals surface area contributed by atoms with Gasteiger partial charge in [-0.05, 0) is 56.4 Å². The van der Waals surface area contributed by atoms with Crippen molar-refractivity contribution in [2.45, 2.75) is 79.6 Å². The fraction of sp³-hybridized carbons (Fsp3) is 0.696. The highest BCUT2D eigenvalue weighted by Gasteiger charge is 2.35. The summed E-state index contributed by atoms with van der Waals surface area (Å²) in [6, 6.07) is 0. The topological polar surface area (TPSA) is 81.7 Å². The molecule has 0 unspecified atom stereocenters. The Kier molecular flexibility index (Phi) is 8.89. The summed E-state index contributed by atoms with van der Waals surface area (Å²) in [5, 5.41) is 3.49. The predicted octanol–water partition coefficient (Wildman–Crippen LogP) is 5.14. The number of ether oxygens (including phenoxy) is 2. The van der Waals surface area contributed by atoms with Gasteiger partial charge < -0.3 is 14.8 Å². The summed E-state index contributed by atoms with van der Waals surface area (Å²) in [5.74, 6) is -0.315. The van der Waals surface area contributed by atoms with Gasteiger partial charge in [0.25, 0.3) is 0 Å². The van der Waals surface area contributed by atoms with Gasteiger partial charge in [0, 0.05) is 17.7 Å². The summed E-state index contributed by atoms with van der Waals surface area (Å²) in [4.78, 5) is 37.8. The van der Waals surface area contributed by atoms with Crippen LogP contribution in [0.4, 0.5) is 5.00 Å². The van der Waals surface area contributed by atoms with Crippen LogP contribution in [0.5, 0.6) is 0 Å². The summed E-state index contributed by atoms with van der Waals surface area (Å²) in [7, 11) is 0. The molecule has 1 heterocycles. The monoisotopic (exact) mass is 437 g/mol. The Hall–Kier alpha value is -1.89. The van der Waals surface area contributed by atoms with E-state index in [2.05, 4.69) is 26.1 Å². The lowest BCUT2D eigenvalue weighted by Crippen LogP contribution is -2.28. The number of esters is 2. The number of carbonyl (C=O) groups excluding carboxylic acids is 3. The van der Waals surface area contributed by atoms with Crippen molar-refractivity contribution in [1.29, 1.82) is 0 Å². The number of hydrogen-bond donors (Lipinski definition) is 1. The Bertz CT molecular complexity index is 768. The van der Waals surface area contributed by atoms with Gasteiger partial charge in [-0.25, -0.2) is 4.79 Å². The van der Waals surface area contributed by atoms with E-state index < -0.39 is 0 Å². The van der Waals surface area contributed by atoms with Gasteiger partial charge in [0.15, 0.2) is 0 Å². The minimum atomic E-state index is -0.370. The first-order valence-electron chi connectivity index (χ1n) is 11.0. The second-order valence-electron chi connectivity index (χ2n) is 8.42. The first-order chi connectivity index (χ1) is 14.2. The van der Waals surface area contributed by atoms with Crippen LogP contribution >= 0.6 is 11.3 Å². The van der Waals surface area contributed by atoms with Crippen LogP contribution in [0.15, 0.2) is 0 Å². The Morgan fingerprint density at radius 2 is 1.80 bits per heavy atom. The minimum absolute atomic E-state index is 0.200. The van der Waals surface area contributed by atoms with Gasteiger partial charge in [-0.3, -0.25) is 9.59 Å². The zero-order valence-corrected chi connectivity index (χ0v) is 19.7. The average Bonchev–Trinajstić information content (AvgIpc) is 3.05. The first-order valence-corrected chi connectivity index (χ1v) is 11.8. The van der Waals surface area contributed by atoms with Gasteiger partial charge in [0.2, 0.25) is 5.91 Å². The summed E-state index contributed by atoms with van der Waals surface area (Å²) in [6.45, 7) is 11.0. The van der Waals surface area contributed by atoms with Crippen molar-refractivity contribution in [3.05, 3.63) is 16.0 Å². The summed E-state index contributed by atoms with van der Waals surface area (Å²) >= 11 is 1.50. The maximum absolute atomic E-state index is 12.7. The fourth-order valence-corrected chi connectivity index (χ4v) is 5.20. The molecule has 1 aliphatic carbocycles. The molecule has 168 valence electrons. The van der Waals surface area contributed by atoms with Gasteiger partial charge in [0.05, 0.1) is 18.8 Å². The number of amides is 1. The second kappa shape index (κ2) is 10.9. The van der Waals surface area contributed by atoms with E-state index in [1.54, 1.807) is 13.8 Å². The van der Waals surface area contributed by atoms with E-state index in [-0.39, 0.29) is 36.1 Å². The molecule has 1 aromatic heterocycles. The summed E-state index contributed by atoms with van der Waals surface area (Å²) in [5.41, 5.74) is 1.79. The van der Waals surface area contributed by atoms with E-state index in [1.807, 2.05) is 0 Å². The predicted molar refractivity (Wildman–Crippen MR) is 119 cm³/mol. The van der Waals surface area contributed by atoms with Crippen LogP contribution in [-0.2, 0) is 31.9 Å². The van der Waals surface area contributed by atoms with Crippen molar-refractivity contribution >= 4 is 34.2 Å². The first kappa shape index (κ1) is 24.4. The van der Waals surface area contributed by atoms with Gasteiger partial charge in [-0.15, -0.1) is 11.3 Å². The van der Waals surface area contributed by atoms with Crippen molar-refractivity contribution in [3.63, 3.8) is 0 Å². The lowest BCUT2D eigenvalue weighted by Gasteiger charge is -2.36. The molecule has 0 aliphatic heterocycles. The maximum Gasteiger partial charge on any atom is 0.341 e. The van der Waals surface area contributed by atoms with E-state index in [9.17, 15) is 14.4 Å². The molecule has 0 saturated carbocycles. The quantitative estimate of drug-likeness (QED) is 0.513. The molecule has 0 bridgehead atoms. The lowest BCUT2D eigenvalue weighted by atomic mass is 9.69. The number of rotatable bonds is 10. The molecule has 1 aliphatic rings. The van der Waals surface area contributed by atoms with E-state index in [0.717, 1.165) is 31.2 Å². The van der Waals surface area contributed by atoms with Crippen molar-refractivity contribution in [3.8, 4) is 0 Å². The molecule has 0 spiro atoms. The van der Waals surface area contributed by atoms with Crippen LogP contribution in [0.3, 0.4) is 0 Å². The number of anilines is 1. The Balaban J connectivity index is 2.16. The number of nitrogens with one attached hydrogen (secondary N) is 1. The number of hydrogen-bond acceptors (Lipinski definition) is 6. The maximum atomic E-state index is 12.7. The van der Waals surface area contributed by atoms with Crippen LogP contribution in [0.1, 0.15) is 87.5 Å². The van der Waals surface area contributed by atoms with Crippen molar-refractivity contribution in [2.75, 3.05) is 18.5 Å². The van der Waals surface area contributed by atoms with Crippen LogP contribution < -0.4 is 5.32 Å². The fourth-order valence-electron chi connectivity index (χ4n) is 3.86. The van der Waals surface area contributed by atoms with E-state index in [1.165, 1.54) is 16.2 Å². The highest BCUT2D eigenvalue weighted by molar-refractivity contribution is 7.17. The summed E-state index contributed by atoms with van der Waals surface area (Å²) in [6.07, 6.45) is 4.71. The van der Waals surface area contributed by atoms with Gasteiger partial charge in [-0.2, -0.15) is 0 Å². The van der Waals surface area contributed by atoms with Crippen LogP contribution in [0.25, 0.3) is 0 Å². The van der Waals surface area contributed by atoms with Gasteiger partial charge in [-0.1, -0.05) is 27.2 Å². The number of carbonyl (C=O) groups is 3. The molecule has 0 fully saturated rings. The largest absolute Gasteiger partial charge is 0.466 e. The molecule has 30 heavy (non-hydrogen) atoms. The Labute approximate surface area is 183 Å². The molecule has 1 atom stereocenters. The Morgan fingerprint density at radius 3 is 2.43 bits per heavy atom. The zero-order valence-electron chi connectivity index (χ0n) is 18.9. The van der Waals surface area contributed by atoms with E-state index in [0.29, 0.717) is 36.1 Å². The third kappa shape index (κ3) is 6.06. The third-order valence-corrected chi connectivity index (χ3v) is 7.27. The molecule has 1 aromatic rings. The van der Waals surface area contributed by atoms with Gasteiger partial charge in [0.1, 0.15) is 5.00 Å². The Morgan fingerprint density at radius 1 is 1.10 bits per heavy atom.